The second-order valence-corrected chi connectivity index (χ2v) is 23.8. The molecule has 0 heterocycles. The second kappa shape index (κ2) is 47.0. The van der Waals surface area contributed by atoms with Crippen molar-refractivity contribution in [2.75, 3.05) is 0 Å². The van der Waals surface area contributed by atoms with Gasteiger partial charge in [-0.15, -0.1) is 0 Å². The van der Waals surface area contributed by atoms with Gasteiger partial charge in [0.2, 0.25) is 0 Å². The van der Waals surface area contributed by atoms with Gasteiger partial charge in [0.25, 0.3) is 0 Å². The van der Waals surface area contributed by atoms with Crippen molar-refractivity contribution in [3.05, 3.63) is 12.2 Å². The van der Waals surface area contributed by atoms with Gasteiger partial charge in [0.1, 0.15) is 0 Å². The van der Waals surface area contributed by atoms with Crippen LogP contribution in [-0.4, -0.2) is 19.1 Å². The number of hydrogen-bond donors (Lipinski definition) is 2. The second-order valence-electron chi connectivity index (χ2n) is 21.4. The summed E-state index contributed by atoms with van der Waals surface area (Å²) in [5.74, 6) is 0.442. The molecule has 0 fully saturated rings. The van der Waals surface area contributed by atoms with Crippen LogP contribution in [0.5, 0.6) is 0 Å². The Balaban J connectivity index is 6.26. The third-order valence-corrected chi connectivity index (χ3v) is 16.9. The predicted molar refractivity (Wildman–Crippen MR) is 281 cm³/mol. The van der Waals surface area contributed by atoms with Gasteiger partial charge in [0, 0.05) is 0 Å². The smallest absolute Gasteiger partial charge is 0.0654 e. The molecule has 4 nitrogen and oxygen atoms in total. The van der Waals surface area contributed by atoms with E-state index in [0.29, 0.717) is 0 Å². The van der Waals surface area contributed by atoms with Crippen LogP contribution >= 0.6 is 0 Å². The molecule has 0 bridgehead atoms. The molecule has 384 valence electrons. The SMILES string of the molecule is C=C(C)C([O][Ti]([OH])([OH])[O]C(C)C)(C(CCCCCCCCCCCC)CCCCCCCCCCCCC)C(CCCCCCCCCCCC)CCCCCCCCCCCCC. The summed E-state index contributed by atoms with van der Waals surface area (Å²) in [7, 11) is 0. The summed E-state index contributed by atoms with van der Waals surface area (Å²) in [6.07, 6.45) is 60.1. The van der Waals surface area contributed by atoms with E-state index < -0.39 is 23.7 Å². The Kier molecular flexibility index (Phi) is 47.2. The Bertz CT molecular complexity index is 897. The molecule has 0 aromatic rings. The van der Waals surface area contributed by atoms with Crippen molar-refractivity contribution >= 4 is 0 Å². The molecule has 0 aliphatic carbocycles. The molecule has 0 saturated carbocycles. The normalized spacial score (nSPS) is 14.1. The fraction of sp³-hybridized carbons (Fsp3) is 0.966. The Labute approximate surface area is 409 Å². The maximum absolute atomic E-state index is 11.8. The van der Waals surface area contributed by atoms with Crippen molar-refractivity contribution in [3.8, 4) is 0 Å². The molecule has 0 aromatic heterocycles. The molecule has 0 aliphatic rings. The summed E-state index contributed by atoms with van der Waals surface area (Å²) in [6.45, 7) is 20.0. The van der Waals surface area contributed by atoms with Crippen LogP contribution in [0.15, 0.2) is 12.2 Å². The van der Waals surface area contributed by atoms with E-state index in [-0.39, 0.29) is 17.9 Å². The molecule has 0 amide bonds. The van der Waals surface area contributed by atoms with Crippen LogP contribution in [0.4, 0.5) is 0 Å². The van der Waals surface area contributed by atoms with Crippen LogP contribution in [0.3, 0.4) is 0 Å². The van der Waals surface area contributed by atoms with E-state index in [0.717, 1.165) is 31.3 Å². The minimum atomic E-state index is -5.11. The average Bonchev–Trinajstić information content (AvgIpc) is 3.25. The molecule has 0 rings (SSSR count). The maximum atomic E-state index is 11.8. The van der Waals surface area contributed by atoms with Gasteiger partial charge in [-0.2, -0.15) is 0 Å². The molecular formula is C59H120O4Ti. The third kappa shape index (κ3) is 37.2. The summed E-state index contributed by atoms with van der Waals surface area (Å²) in [5.41, 5.74) is 0.242. The summed E-state index contributed by atoms with van der Waals surface area (Å²) in [6, 6.07) is 0. The fourth-order valence-corrected chi connectivity index (χ4v) is 13.4. The predicted octanol–water partition coefficient (Wildman–Crippen LogP) is 20.8. The van der Waals surface area contributed by atoms with Gasteiger partial charge in [-0.05, 0) is 0 Å². The molecule has 0 aromatic carbocycles. The van der Waals surface area contributed by atoms with E-state index in [2.05, 4.69) is 34.6 Å². The molecule has 5 heteroatoms. The van der Waals surface area contributed by atoms with E-state index in [1.807, 2.05) is 13.8 Å². The number of hydrogen-bond acceptors (Lipinski definition) is 4. The van der Waals surface area contributed by atoms with Gasteiger partial charge in [-0.25, -0.2) is 0 Å². The minimum Gasteiger partial charge on any atom is -0.0654 e. The van der Waals surface area contributed by atoms with Crippen molar-refractivity contribution in [2.24, 2.45) is 11.8 Å². The monoisotopic (exact) mass is 941 g/mol. The van der Waals surface area contributed by atoms with Crippen molar-refractivity contribution in [3.63, 3.8) is 0 Å². The molecule has 0 spiro atoms. The van der Waals surface area contributed by atoms with Gasteiger partial charge in [0.05, 0.1) is 0 Å². The van der Waals surface area contributed by atoms with Crippen LogP contribution in [0.25, 0.3) is 0 Å². The van der Waals surface area contributed by atoms with Gasteiger partial charge in [0.15, 0.2) is 0 Å². The fourth-order valence-electron chi connectivity index (χ4n) is 10.8. The molecular weight excluding hydrogens is 821 g/mol. The van der Waals surface area contributed by atoms with Gasteiger partial charge < -0.3 is 0 Å². The summed E-state index contributed by atoms with van der Waals surface area (Å²) in [4.78, 5) is 0. The van der Waals surface area contributed by atoms with Crippen LogP contribution in [-0.2, 0) is 24.8 Å². The Morgan fingerprint density at radius 1 is 0.375 bits per heavy atom. The number of unbranched alkanes of at least 4 members (excludes halogenated alkanes) is 38. The van der Waals surface area contributed by atoms with E-state index in [1.54, 1.807) is 0 Å². The van der Waals surface area contributed by atoms with Crippen LogP contribution in [0.1, 0.15) is 344 Å². The summed E-state index contributed by atoms with van der Waals surface area (Å²) < 4.78 is 36.8. The van der Waals surface area contributed by atoms with E-state index in [1.165, 1.54) is 270 Å². The first-order valence-electron chi connectivity index (χ1n) is 29.6. The molecule has 2 N–H and O–H groups in total. The Hall–Kier alpha value is 0.294. The van der Waals surface area contributed by atoms with E-state index >= 15 is 0 Å². The molecule has 0 saturated heterocycles. The average molecular weight is 941 g/mol. The van der Waals surface area contributed by atoms with E-state index in [9.17, 15) is 7.38 Å². The molecule has 0 radical (unpaired) electrons. The van der Waals surface area contributed by atoms with Crippen LogP contribution in [0.2, 0.25) is 0 Å². The molecule has 2 unspecified atom stereocenters. The summed E-state index contributed by atoms with van der Waals surface area (Å²) >= 11 is -5.11. The standard InChI is InChI=1S/C56H111O.C3H7O.2H2O.Ti/c1-7-11-15-19-23-27-31-35-39-43-47-51-54(49-45-41-37-33-29-25-21-17-13-9-3)56(57,53(5)6)55(50-46-42-38-34-30-26-22-18-14-10-4)52-48-44-40-36-32-28-24-20-16-12-8-2;1-3(2)4;;;/h54-55H,5,7-52H2,1-4,6H3;3H,1-2H3;2*1H2;/q2*-1;;;+4/p-2. The van der Waals surface area contributed by atoms with Crippen LogP contribution in [0, 0.1) is 11.8 Å². The molecule has 64 heavy (non-hydrogen) atoms. The van der Waals surface area contributed by atoms with Gasteiger partial charge in [-0.3, -0.25) is 0 Å². The zero-order valence-corrected chi connectivity index (χ0v) is 46.7. The van der Waals surface area contributed by atoms with Gasteiger partial charge in [-0.1, -0.05) is 91.9 Å². The zero-order chi connectivity index (χ0) is 47.3. The quantitative estimate of drug-likeness (QED) is 0.0362. The van der Waals surface area contributed by atoms with Gasteiger partial charge >= 0.3 is 320 Å². The van der Waals surface area contributed by atoms with Crippen LogP contribution < -0.4 is 0 Å². The first-order valence-corrected chi connectivity index (χ1v) is 32.3. The van der Waals surface area contributed by atoms with Crippen molar-refractivity contribution in [2.45, 2.75) is 356 Å². The zero-order valence-electron chi connectivity index (χ0n) is 45.2. The first-order chi connectivity index (χ1) is 31.1. The molecule has 2 atom stereocenters. The minimum absolute atomic E-state index is 0.221. The van der Waals surface area contributed by atoms with Crippen molar-refractivity contribution in [1.82, 2.24) is 0 Å². The van der Waals surface area contributed by atoms with Crippen molar-refractivity contribution in [1.29, 1.82) is 0 Å². The first kappa shape index (κ1) is 64.3. The Morgan fingerprint density at radius 2 is 0.562 bits per heavy atom. The Morgan fingerprint density at radius 3 is 0.734 bits per heavy atom. The summed E-state index contributed by atoms with van der Waals surface area (Å²) in [5, 5.41) is 0. The topological polar surface area (TPSA) is 58.9 Å². The molecule has 0 aliphatic heterocycles. The number of rotatable bonds is 53. The third-order valence-electron chi connectivity index (χ3n) is 14.7. The van der Waals surface area contributed by atoms with Crippen molar-refractivity contribution < 1.29 is 32.2 Å². The van der Waals surface area contributed by atoms with E-state index in [4.69, 9.17) is 13.2 Å².